The number of aromatic amines is 1. The van der Waals surface area contributed by atoms with Gasteiger partial charge in [0.05, 0.1) is 13.3 Å². The van der Waals surface area contributed by atoms with Crippen LogP contribution in [0.15, 0.2) is 12.3 Å². The van der Waals surface area contributed by atoms with Crippen molar-refractivity contribution in [3.63, 3.8) is 0 Å². The van der Waals surface area contributed by atoms with Gasteiger partial charge in [-0.1, -0.05) is 6.92 Å². The van der Waals surface area contributed by atoms with Crippen LogP contribution in [-0.4, -0.2) is 33.8 Å². The van der Waals surface area contributed by atoms with Crippen LogP contribution in [0.25, 0.3) is 0 Å². The normalized spacial score (nSPS) is 18.3. The van der Waals surface area contributed by atoms with Crippen molar-refractivity contribution in [3.05, 3.63) is 29.2 Å². The first kappa shape index (κ1) is 12.0. The van der Waals surface area contributed by atoms with Gasteiger partial charge in [0.2, 0.25) is 0 Å². The highest BCUT2D eigenvalue weighted by Gasteiger charge is 2.25. The number of H-pyrrole nitrogens is 1. The maximum absolute atomic E-state index is 5.14. The van der Waals surface area contributed by atoms with Crippen molar-refractivity contribution in [2.24, 2.45) is 0 Å². The Balaban J connectivity index is 1.94. The SMILES string of the molecule is COc1nc(C)cc(N2Cc3cn[nH]c3C(C)C2)n1. The van der Waals surface area contributed by atoms with Gasteiger partial charge >= 0.3 is 6.01 Å². The molecule has 1 atom stereocenters. The lowest BCUT2D eigenvalue weighted by molar-refractivity contribution is 0.378. The molecular weight excluding hydrogens is 242 g/mol. The number of methoxy groups -OCH3 is 1. The Kier molecular flexibility index (Phi) is 2.85. The second-order valence-corrected chi connectivity index (χ2v) is 4.94. The number of fused-ring (bicyclic) bond motifs is 1. The van der Waals surface area contributed by atoms with Crippen LogP contribution in [0.1, 0.15) is 29.8 Å². The third kappa shape index (κ3) is 2.14. The number of nitrogens with zero attached hydrogens (tertiary/aromatic N) is 4. The second-order valence-electron chi connectivity index (χ2n) is 4.94. The molecule has 2 aromatic rings. The first-order valence-electron chi connectivity index (χ1n) is 6.34. The predicted octanol–water partition coefficient (Wildman–Crippen LogP) is 1.64. The third-order valence-electron chi connectivity index (χ3n) is 3.43. The lowest BCUT2D eigenvalue weighted by Crippen LogP contribution is -2.33. The van der Waals surface area contributed by atoms with E-state index in [1.54, 1.807) is 7.11 Å². The molecule has 1 unspecified atom stereocenters. The quantitative estimate of drug-likeness (QED) is 0.888. The van der Waals surface area contributed by atoms with Gasteiger partial charge in [-0.15, -0.1) is 0 Å². The maximum Gasteiger partial charge on any atom is 0.318 e. The van der Waals surface area contributed by atoms with E-state index in [1.807, 2.05) is 19.2 Å². The van der Waals surface area contributed by atoms with E-state index >= 15 is 0 Å². The van der Waals surface area contributed by atoms with Gasteiger partial charge in [-0.05, 0) is 6.92 Å². The van der Waals surface area contributed by atoms with Gasteiger partial charge in [0.1, 0.15) is 5.82 Å². The van der Waals surface area contributed by atoms with E-state index in [-0.39, 0.29) is 0 Å². The summed E-state index contributed by atoms with van der Waals surface area (Å²) in [5, 5.41) is 7.20. The Morgan fingerprint density at radius 2 is 2.26 bits per heavy atom. The van der Waals surface area contributed by atoms with Crippen molar-refractivity contribution in [1.29, 1.82) is 0 Å². The van der Waals surface area contributed by atoms with Crippen molar-refractivity contribution >= 4 is 5.82 Å². The summed E-state index contributed by atoms with van der Waals surface area (Å²) in [6, 6.07) is 2.40. The van der Waals surface area contributed by atoms with Crippen LogP contribution >= 0.6 is 0 Å². The summed E-state index contributed by atoms with van der Waals surface area (Å²) in [5.41, 5.74) is 3.37. The summed E-state index contributed by atoms with van der Waals surface area (Å²) in [6.45, 7) is 5.86. The highest BCUT2D eigenvalue weighted by atomic mass is 16.5. The average molecular weight is 259 g/mol. The standard InChI is InChI=1S/C13H17N5O/c1-8-6-18(7-10-5-14-17-12(8)10)11-4-9(2)15-13(16-11)19-3/h4-5,8H,6-7H2,1-3H3,(H,14,17). The van der Waals surface area contributed by atoms with Crippen molar-refractivity contribution in [1.82, 2.24) is 20.2 Å². The molecule has 2 aromatic heterocycles. The zero-order chi connectivity index (χ0) is 13.4. The fourth-order valence-electron chi connectivity index (χ4n) is 2.52. The third-order valence-corrected chi connectivity index (χ3v) is 3.43. The molecule has 0 spiro atoms. The molecule has 100 valence electrons. The van der Waals surface area contributed by atoms with E-state index in [0.717, 1.165) is 24.6 Å². The molecule has 0 fully saturated rings. The number of ether oxygens (including phenoxy) is 1. The van der Waals surface area contributed by atoms with Crippen molar-refractivity contribution in [2.75, 3.05) is 18.6 Å². The second kappa shape index (κ2) is 4.53. The van der Waals surface area contributed by atoms with Crippen LogP contribution in [0, 0.1) is 6.92 Å². The molecular formula is C13H17N5O. The molecule has 0 aromatic carbocycles. The van der Waals surface area contributed by atoms with Gasteiger partial charge in [-0.2, -0.15) is 10.1 Å². The minimum atomic E-state index is 0.410. The Labute approximate surface area is 111 Å². The van der Waals surface area contributed by atoms with E-state index in [9.17, 15) is 0 Å². The molecule has 1 aliphatic rings. The Bertz CT molecular complexity index is 594. The topological polar surface area (TPSA) is 66.9 Å². The lowest BCUT2D eigenvalue weighted by atomic mass is 9.98. The number of rotatable bonds is 2. The molecule has 1 aliphatic heterocycles. The number of hydrogen-bond acceptors (Lipinski definition) is 5. The predicted molar refractivity (Wildman–Crippen MR) is 71.4 cm³/mol. The van der Waals surface area contributed by atoms with Crippen LogP contribution < -0.4 is 9.64 Å². The number of aryl methyl sites for hydroxylation is 1. The maximum atomic E-state index is 5.14. The molecule has 6 nitrogen and oxygen atoms in total. The van der Waals surface area contributed by atoms with Crippen molar-refractivity contribution < 1.29 is 4.74 Å². The molecule has 0 bridgehead atoms. The highest BCUT2D eigenvalue weighted by Crippen LogP contribution is 2.29. The van der Waals surface area contributed by atoms with E-state index in [2.05, 4.69) is 32.0 Å². The van der Waals surface area contributed by atoms with Crippen LogP contribution in [-0.2, 0) is 6.54 Å². The molecule has 3 heterocycles. The van der Waals surface area contributed by atoms with Crippen LogP contribution in [0.2, 0.25) is 0 Å². The zero-order valence-corrected chi connectivity index (χ0v) is 11.3. The fraction of sp³-hybridized carbons (Fsp3) is 0.462. The zero-order valence-electron chi connectivity index (χ0n) is 11.3. The summed E-state index contributed by atoms with van der Waals surface area (Å²) >= 11 is 0. The summed E-state index contributed by atoms with van der Waals surface area (Å²) in [5.74, 6) is 1.32. The molecule has 3 rings (SSSR count). The van der Waals surface area contributed by atoms with E-state index in [0.29, 0.717) is 11.9 Å². The Morgan fingerprint density at radius 1 is 1.42 bits per heavy atom. The summed E-state index contributed by atoms with van der Waals surface area (Å²) in [7, 11) is 1.59. The van der Waals surface area contributed by atoms with Gasteiger partial charge < -0.3 is 9.64 Å². The minimum Gasteiger partial charge on any atom is -0.467 e. The van der Waals surface area contributed by atoms with E-state index in [4.69, 9.17) is 4.74 Å². The summed E-state index contributed by atoms with van der Waals surface area (Å²) in [6.07, 6.45) is 1.89. The molecule has 0 amide bonds. The van der Waals surface area contributed by atoms with Gasteiger partial charge in [0.15, 0.2) is 0 Å². The number of hydrogen-bond donors (Lipinski definition) is 1. The molecule has 0 saturated carbocycles. The lowest BCUT2D eigenvalue weighted by Gasteiger charge is -2.31. The first-order valence-corrected chi connectivity index (χ1v) is 6.34. The smallest absolute Gasteiger partial charge is 0.318 e. The highest BCUT2D eigenvalue weighted by molar-refractivity contribution is 5.45. The van der Waals surface area contributed by atoms with Crippen LogP contribution in [0.4, 0.5) is 5.82 Å². The van der Waals surface area contributed by atoms with Gasteiger partial charge in [-0.25, -0.2) is 4.98 Å². The summed E-state index contributed by atoms with van der Waals surface area (Å²) < 4.78 is 5.14. The van der Waals surface area contributed by atoms with E-state index in [1.165, 1.54) is 11.3 Å². The first-order chi connectivity index (χ1) is 9.17. The molecule has 0 radical (unpaired) electrons. The van der Waals surface area contributed by atoms with Gasteiger partial charge in [0.25, 0.3) is 0 Å². The van der Waals surface area contributed by atoms with Gasteiger partial charge in [-0.3, -0.25) is 5.10 Å². The number of anilines is 1. The Hall–Kier alpha value is -2.11. The summed E-state index contributed by atoms with van der Waals surface area (Å²) in [4.78, 5) is 10.9. The van der Waals surface area contributed by atoms with Crippen LogP contribution in [0.5, 0.6) is 6.01 Å². The number of aromatic nitrogens is 4. The average Bonchev–Trinajstić information content (AvgIpc) is 2.86. The van der Waals surface area contributed by atoms with Crippen LogP contribution in [0.3, 0.4) is 0 Å². The molecule has 0 saturated heterocycles. The number of nitrogens with one attached hydrogen (secondary N) is 1. The fourth-order valence-corrected chi connectivity index (χ4v) is 2.52. The largest absolute Gasteiger partial charge is 0.467 e. The minimum absolute atomic E-state index is 0.410. The molecule has 6 heteroatoms. The molecule has 19 heavy (non-hydrogen) atoms. The van der Waals surface area contributed by atoms with Crippen molar-refractivity contribution in [2.45, 2.75) is 26.3 Å². The monoisotopic (exact) mass is 259 g/mol. The molecule has 0 aliphatic carbocycles. The van der Waals surface area contributed by atoms with E-state index < -0.39 is 0 Å². The molecule has 1 N–H and O–H groups in total. The van der Waals surface area contributed by atoms with Crippen molar-refractivity contribution in [3.8, 4) is 6.01 Å². The van der Waals surface area contributed by atoms with Gasteiger partial charge in [0, 0.05) is 42.0 Å². The Morgan fingerprint density at radius 3 is 3.05 bits per heavy atom.